The van der Waals surface area contributed by atoms with E-state index in [-0.39, 0.29) is 54.4 Å². The van der Waals surface area contributed by atoms with Gasteiger partial charge >= 0.3 is 0 Å². The molecular weight excluding hydrogens is 340 g/mol. The number of hydrogen-bond acceptors (Lipinski definition) is 3. The third kappa shape index (κ3) is 2.47. The average molecular weight is 364 g/mol. The topological polar surface area (TPSA) is 66.5 Å². The molecule has 1 aliphatic heterocycles. The second-order valence-electron chi connectivity index (χ2n) is 8.29. The number of nitrogens with one attached hydrogen (secondary N) is 1. The van der Waals surface area contributed by atoms with Crippen LogP contribution < -0.4 is 5.32 Å². The molecule has 6 rings (SSSR count). The Balaban J connectivity index is 1.25. The van der Waals surface area contributed by atoms with Crippen molar-refractivity contribution in [3.05, 3.63) is 42.0 Å². The lowest BCUT2D eigenvalue weighted by Gasteiger charge is -2.37. The number of nitrogens with zero attached hydrogens (tertiary/aromatic N) is 1. The lowest BCUT2D eigenvalue weighted by molar-refractivity contribution is -0.140. The molecule has 5 nitrogen and oxygen atoms in total. The molecule has 1 N–H and O–H groups in total. The second-order valence-corrected chi connectivity index (χ2v) is 8.29. The highest BCUT2D eigenvalue weighted by Crippen LogP contribution is 2.65. The number of imide groups is 1. The predicted molar refractivity (Wildman–Crippen MR) is 100 cm³/mol. The van der Waals surface area contributed by atoms with E-state index in [9.17, 15) is 14.4 Å². The molecule has 27 heavy (non-hydrogen) atoms. The van der Waals surface area contributed by atoms with Crippen LogP contribution in [0.4, 0.5) is 5.69 Å². The average Bonchev–Trinajstić information content (AvgIpc) is 3.46. The van der Waals surface area contributed by atoms with Gasteiger partial charge in [0.05, 0.1) is 11.8 Å². The number of likely N-dealkylation sites (tertiary alicyclic amines) is 1. The number of amides is 3. The van der Waals surface area contributed by atoms with Crippen molar-refractivity contribution in [2.75, 3.05) is 11.9 Å². The monoisotopic (exact) mass is 364 g/mol. The first-order valence-corrected chi connectivity index (χ1v) is 10.0. The van der Waals surface area contributed by atoms with Crippen molar-refractivity contribution in [2.45, 2.75) is 26.2 Å². The quantitative estimate of drug-likeness (QED) is 0.645. The van der Waals surface area contributed by atoms with Gasteiger partial charge in [-0.3, -0.25) is 19.3 Å². The highest BCUT2D eigenvalue weighted by molar-refractivity contribution is 6.06. The molecule has 0 radical (unpaired) electrons. The van der Waals surface area contributed by atoms with Gasteiger partial charge in [-0.1, -0.05) is 37.3 Å². The minimum atomic E-state index is -0.180. The zero-order chi connectivity index (χ0) is 18.7. The summed E-state index contributed by atoms with van der Waals surface area (Å²) in [4.78, 5) is 39.6. The van der Waals surface area contributed by atoms with Gasteiger partial charge in [0, 0.05) is 18.7 Å². The largest absolute Gasteiger partial charge is 0.326 e. The van der Waals surface area contributed by atoms with Gasteiger partial charge in [-0.05, 0) is 48.1 Å². The van der Waals surface area contributed by atoms with Crippen LogP contribution in [0.3, 0.4) is 0 Å². The molecule has 0 unspecified atom stereocenters. The van der Waals surface area contributed by atoms with Gasteiger partial charge in [-0.15, -0.1) is 0 Å². The molecule has 6 atom stereocenters. The van der Waals surface area contributed by atoms with E-state index in [0.29, 0.717) is 11.8 Å². The first kappa shape index (κ1) is 16.7. The summed E-state index contributed by atoms with van der Waals surface area (Å²) in [6.45, 7) is 2.22. The minimum Gasteiger partial charge on any atom is -0.326 e. The van der Waals surface area contributed by atoms with E-state index in [1.165, 1.54) is 4.90 Å². The van der Waals surface area contributed by atoms with Crippen LogP contribution in [0.5, 0.6) is 0 Å². The van der Waals surface area contributed by atoms with Gasteiger partial charge in [0.15, 0.2) is 0 Å². The number of carbonyl (C=O) groups is 3. The molecular formula is C22H24N2O3. The van der Waals surface area contributed by atoms with E-state index in [1.807, 2.05) is 31.2 Å². The third-order valence-corrected chi connectivity index (χ3v) is 6.99. The zero-order valence-corrected chi connectivity index (χ0v) is 15.4. The lowest BCUT2D eigenvalue weighted by atomic mass is 9.63. The van der Waals surface area contributed by atoms with Crippen molar-refractivity contribution in [1.82, 2.24) is 4.90 Å². The van der Waals surface area contributed by atoms with Gasteiger partial charge in [0.1, 0.15) is 0 Å². The van der Waals surface area contributed by atoms with Gasteiger partial charge < -0.3 is 5.32 Å². The van der Waals surface area contributed by atoms with Crippen LogP contribution in [0, 0.1) is 35.5 Å². The van der Waals surface area contributed by atoms with Crippen LogP contribution in [-0.4, -0.2) is 29.2 Å². The molecule has 5 heteroatoms. The van der Waals surface area contributed by atoms with E-state index >= 15 is 0 Å². The predicted octanol–water partition coefficient (Wildman–Crippen LogP) is 2.63. The van der Waals surface area contributed by atoms with Crippen LogP contribution in [0.2, 0.25) is 0 Å². The van der Waals surface area contributed by atoms with Gasteiger partial charge in [-0.25, -0.2) is 0 Å². The summed E-state index contributed by atoms with van der Waals surface area (Å²) in [6, 6.07) is 7.71. The van der Waals surface area contributed by atoms with Crippen molar-refractivity contribution in [3.8, 4) is 0 Å². The first-order chi connectivity index (χ1) is 13.1. The van der Waals surface area contributed by atoms with Crippen molar-refractivity contribution < 1.29 is 14.4 Å². The highest BCUT2D eigenvalue weighted by Gasteiger charge is 2.66. The van der Waals surface area contributed by atoms with Crippen LogP contribution in [0.15, 0.2) is 36.4 Å². The fourth-order valence-electron chi connectivity index (χ4n) is 5.62. The summed E-state index contributed by atoms with van der Waals surface area (Å²) in [5.74, 6) is 1.04. The third-order valence-electron chi connectivity index (χ3n) is 6.99. The number of allylic oxidation sites excluding steroid dienone is 2. The Bertz CT molecular complexity index is 825. The Kier molecular flexibility index (Phi) is 3.74. The molecule has 140 valence electrons. The van der Waals surface area contributed by atoms with Crippen molar-refractivity contribution in [1.29, 1.82) is 0 Å². The molecule has 2 bridgehead atoms. The molecule has 5 aliphatic rings. The van der Waals surface area contributed by atoms with Crippen LogP contribution in [0.1, 0.15) is 25.3 Å². The van der Waals surface area contributed by atoms with Gasteiger partial charge in [-0.2, -0.15) is 0 Å². The summed E-state index contributed by atoms with van der Waals surface area (Å²) in [7, 11) is 0. The molecule has 3 fully saturated rings. The van der Waals surface area contributed by atoms with Crippen molar-refractivity contribution in [3.63, 3.8) is 0 Å². The van der Waals surface area contributed by atoms with E-state index in [0.717, 1.165) is 24.1 Å². The molecule has 2 saturated carbocycles. The number of para-hydroxylation sites is 1. The Morgan fingerprint density at radius 1 is 1.07 bits per heavy atom. The molecule has 3 amide bonds. The zero-order valence-electron chi connectivity index (χ0n) is 15.4. The maximum Gasteiger partial charge on any atom is 0.233 e. The number of aryl methyl sites for hydroxylation is 1. The van der Waals surface area contributed by atoms with E-state index in [4.69, 9.17) is 0 Å². The fourth-order valence-corrected chi connectivity index (χ4v) is 5.62. The SMILES string of the molecule is CCc1ccccc1NC(=O)CCN1C(=O)[C@@H]2[C@H]3C=C[C@@H]([C@@H]4C[C@@H]34)[C@H]2C1=O. The lowest BCUT2D eigenvalue weighted by Crippen LogP contribution is -2.40. The standard InChI is InChI=1S/C22H24N2O3/c1-2-12-5-3-4-6-17(12)23-18(25)9-10-24-21(26)19-13-7-8-14(16-11-15(13)16)20(19)22(24)27/h3-8,13-16,19-20H,2,9-11H2,1H3,(H,23,25)/t13-,14-,15-,16-,19+,20+/m0/s1. The van der Waals surface area contributed by atoms with E-state index in [1.54, 1.807) is 0 Å². The molecule has 4 aliphatic carbocycles. The summed E-state index contributed by atoms with van der Waals surface area (Å²) >= 11 is 0. The number of anilines is 1. The number of benzene rings is 1. The number of hydrogen-bond donors (Lipinski definition) is 1. The molecule has 1 aromatic carbocycles. The Morgan fingerprint density at radius 2 is 1.70 bits per heavy atom. The van der Waals surface area contributed by atoms with Crippen LogP contribution in [0.25, 0.3) is 0 Å². The Hall–Kier alpha value is -2.43. The Morgan fingerprint density at radius 3 is 2.33 bits per heavy atom. The van der Waals surface area contributed by atoms with Crippen LogP contribution in [-0.2, 0) is 20.8 Å². The van der Waals surface area contributed by atoms with Crippen molar-refractivity contribution >= 4 is 23.4 Å². The molecule has 1 aromatic rings. The highest BCUT2D eigenvalue weighted by atomic mass is 16.2. The summed E-state index contributed by atoms with van der Waals surface area (Å²) in [5.41, 5.74) is 1.88. The fraction of sp³-hybridized carbons (Fsp3) is 0.500. The normalized spacial score (nSPS) is 35.2. The van der Waals surface area contributed by atoms with E-state index in [2.05, 4.69) is 17.5 Å². The van der Waals surface area contributed by atoms with Gasteiger partial charge in [0.25, 0.3) is 0 Å². The number of rotatable bonds is 5. The molecule has 1 saturated heterocycles. The first-order valence-electron chi connectivity index (χ1n) is 10.0. The number of carbonyl (C=O) groups excluding carboxylic acids is 3. The van der Waals surface area contributed by atoms with Crippen molar-refractivity contribution in [2.24, 2.45) is 35.5 Å². The maximum absolute atomic E-state index is 12.9. The molecule has 0 aromatic heterocycles. The summed E-state index contributed by atoms with van der Waals surface area (Å²) in [6.07, 6.45) is 6.48. The van der Waals surface area contributed by atoms with Gasteiger partial charge in [0.2, 0.25) is 17.7 Å². The Labute approximate surface area is 158 Å². The van der Waals surface area contributed by atoms with Crippen LogP contribution >= 0.6 is 0 Å². The molecule has 0 spiro atoms. The minimum absolute atomic E-state index is 0.0588. The maximum atomic E-state index is 12.9. The smallest absolute Gasteiger partial charge is 0.233 e. The summed E-state index contributed by atoms with van der Waals surface area (Å²) < 4.78 is 0. The molecule has 1 heterocycles. The second kappa shape index (κ2) is 6.04. The van der Waals surface area contributed by atoms with E-state index < -0.39 is 0 Å². The summed E-state index contributed by atoms with van der Waals surface area (Å²) in [5, 5.41) is 2.92.